The molecule has 2 aromatic heterocycles. The minimum absolute atomic E-state index is 0.363. The van der Waals surface area contributed by atoms with Gasteiger partial charge in [0.05, 0.1) is 35.4 Å². The van der Waals surface area contributed by atoms with Gasteiger partial charge in [-0.2, -0.15) is 5.10 Å². The molecule has 3 heterocycles. The second-order valence-electron chi connectivity index (χ2n) is 6.00. The maximum Gasteiger partial charge on any atom is 0.163 e. The fraction of sp³-hybridized carbons (Fsp3) is 0.353. The molecule has 1 saturated heterocycles. The lowest BCUT2D eigenvalue weighted by Gasteiger charge is -2.23. The molecular weight excluding hydrogens is 340 g/mol. The van der Waals surface area contributed by atoms with Gasteiger partial charge in [0.25, 0.3) is 0 Å². The Balaban J connectivity index is 1.70. The van der Waals surface area contributed by atoms with Crippen molar-refractivity contribution >= 4 is 34.1 Å². The molecule has 0 radical (unpaired) electrons. The van der Waals surface area contributed by atoms with Gasteiger partial charge in [-0.15, -0.1) is 0 Å². The molecule has 2 N–H and O–H groups in total. The number of piperidine rings is 1. The Morgan fingerprint density at radius 3 is 2.92 bits per heavy atom. The standard InChI is InChI=1S/C17H19ClN6O/c1-25-12-2-3-14(18)15(8-12)23-16-13-9-22-24(17(13)21-10-20-16)11-4-6-19-7-5-11/h2-3,8-11,19H,4-7H2,1H3,(H,20,21,23). The van der Waals surface area contributed by atoms with E-state index in [1.54, 1.807) is 19.5 Å². The van der Waals surface area contributed by atoms with E-state index in [0.29, 0.717) is 16.9 Å². The summed E-state index contributed by atoms with van der Waals surface area (Å²) in [7, 11) is 1.62. The Morgan fingerprint density at radius 2 is 2.12 bits per heavy atom. The van der Waals surface area contributed by atoms with Crippen LogP contribution in [0, 0.1) is 0 Å². The van der Waals surface area contributed by atoms with Crippen LogP contribution in [0.3, 0.4) is 0 Å². The third kappa shape index (κ3) is 3.12. The number of nitrogens with zero attached hydrogens (tertiary/aromatic N) is 4. The van der Waals surface area contributed by atoms with Crippen molar-refractivity contribution in [3.8, 4) is 5.75 Å². The van der Waals surface area contributed by atoms with Crippen molar-refractivity contribution in [1.82, 2.24) is 25.1 Å². The number of hydrogen-bond acceptors (Lipinski definition) is 6. The Morgan fingerprint density at radius 1 is 1.28 bits per heavy atom. The van der Waals surface area contributed by atoms with Crippen LogP contribution in [0.4, 0.5) is 11.5 Å². The van der Waals surface area contributed by atoms with E-state index in [4.69, 9.17) is 16.3 Å². The summed E-state index contributed by atoms with van der Waals surface area (Å²) < 4.78 is 7.27. The van der Waals surface area contributed by atoms with Crippen molar-refractivity contribution in [2.75, 3.05) is 25.5 Å². The molecule has 130 valence electrons. The first-order chi connectivity index (χ1) is 12.3. The van der Waals surface area contributed by atoms with Crippen molar-refractivity contribution in [3.63, 3.8) is 0 Å². The van der Waals surface area contributed by atoms with Crippen molar-refractivity contribution in [3.05, 3.63) is 35.7 Å². The van der Waals surface area contributed by atoms with Crippen LogP contribution in [0.15, 0.2) is 30.7 Å². The second-order valence-corrected chi connectivity index (χ2v) is 6.41. The van der Waals surface area contributed by atoms with Gasteiger partial charge in [-0.25, -0.2) is 14.6 Å². The number of halogens is 1. The van der Waals surface area contributed by atoms with E-state index in [1.165, 1.54) is 0 Å². The van der Waals surface area contributed by atoms with Crippen molar-refractivity contribution in [2.24, 2.45) is 0 Å². The molecule has 7 nitrogen and oxygen atoms in total. The Kier molecular flexibility index (Phi) is 4.42. The quantitative estimate of drug-likeness (QED) is 0.746. The number of methoxy groups -OCH3 is 1. The monoisotopic (exact) mass is 358 g/mol. The van der Waals surface area contributed by atoms with E-state index < -0.39 is 0 Å². The van der Waals surface area contributed by atoms with Gasteiger partial charge < -0.3 is 15.4 Å². The van der Waals surface area contributed by atoms with Crippen LogP contribution in [0.5, 0.6) is 5.75 Å². The topological polar surface area (TPSA) is 76.9 Å². The first-order valence-electron chi connectivity index (χ1n) is 8.26. The van der Waals surface area contributed by atoms with Crippen molar-refractivity contribution in [2.45, 2.75) is 18.9 Å². The minimum Gasteiger partial charge on any atom is -0.497 e. The average molecular weight is 359 g/mol. The summed E-state index contributed by atoms with van der Waals surface area (Å²) in [5, 5.41) is 12.7. The first kappa shape index (κ1) is 16.1. The fourth-order valence-electron chi connectivity index (χ4n) is 3.14. The molecule has 25 heavy (non-hydrogen) atoms. The van der Waals surface area contributed by atoms with Gasteiger partial charge in [-0.1, -0.05) is 11.6 Å². The molecule has 0 amide bonds. The largest absolute Gasteiger partial charge is 0.497 e. The summed E-state index contributed by atoms with van der Waals surface area (Å²) in [6.07, 6.45) is 5.46. The number of ether oxygens (including phenoxy) is 1. The molecule has 1 aliphatic heterocycles. The molecule has 4 rings (SSSR count). The van der Waals surface area contributed by atoms with E-state index in [-0.39, 0.29) is 0 Å². The molecule has 8 heteroatoms. The van der Waals surface area contributed by atoms with E-state index >= 15 is 0 Å². The first-order valence-corrected chi connectivity index (χ1v) is 8.63. The number of anilines is 2. The Labute approximate surface area is 150 Å². The van der Waals surface area contributed by atoms with Crippen LogP contribution in [0.25, 0.3) is 11.0 Å². The number of aromatic nitrogens is 4. The molecule has 0 spiro atoms. The smallest absolute Gasteiger partial charge is 0.163 e. The van der Waals surface area contributed by atoms with Crippen LogP contribution in [-0.2, 0) is 0 Å². The zero-order chi connectivity index (χ0) is 17.2. The third-order valence-corrected chi connectivity index (χ3v) is 4.80. The number of rotatable bonds is 4. The molecule has 0 atom stereocenters. The minimum atomic E-state index is 0.363. The SMILES string of the molecule is COc1ccc(Cl)c(Nc2ncnc3c2cnn3C2CCNCC2)c1. The molecule has 0 unspecified atom stereocenters. The lowest BCUT2D eigenvalue weighted by atomic mass is 10.1. The molecule has 1 fully saturated rings. The molecular formula is C17H19ClN6O. The number of fused-ring (bicyclic) bond motifs is 1. The van der Waals surface area contributed by atoms with Crippen molar-refractivity contribution in [1.29, 1.82) is 0 Å². The Hall–Kier alpha value is -2.38. The lowest BCUT2D eigenvalue weighted by molar-refractivity contribution is 0.349. The van der Waals surface area contributed by atoms with Crippen LogP contribution < -0.4 is 15.4 Å². The zero-order valence-corrected chi connectivity index (χ0v) is 14.6. The summed E-state index contributed by atoms with van der Waals surface area (Å²) in [5.41, 5.74) is 1.57. The van der Waals surface area contributed by atoms with Gasteiger partial charge in [-0.05, 0) is 38.1 Å². The molecule has 0 bridgehead atoms. The van der Waals surface area contributed by atoms with Gasteiger partial charge in [0, 0.05) is 6.07 Å². The molecule has 0 saturated carbocycles. The summed E-state index contributed by atoms with van der Waals surface area (Å²) >= 11 is 6.29. The van der Waals surface area contributed by atoms with Gasteiger partial charge in [0.2, 0.25) is 0 Å². The van der Waals surface area contributed by atoms with Gasteiger partial charge in [0.15, 0.2) is 5.65 Å². The van der Waals surface area contributed by atoms with E-state index in [9.17, 15) is 0 Å². The number of benzene rings is 1. The maximum atomic E-state index is 6.29. The molecule has 3 aromatic rings. The van der Waals surface area contributed by atoms with E-state index in [2.05, 4.69) is 25.7 Å². The van der Waals surface area contributed by atoms with Crippen LogP contribution in [-0.4, -0.2) is 39.9 Å². The van der Waals surface area contributed by atoms with Gasteiger partial charge >= 0.3 is 0 Å². The highest BCUT2D eigenvalue weighted by molar-refractivity contribution is 6.33. The highest BCUT2D eigenvalue weighted by Gasteiger charge is 2.20. The maximum absolute atomic E-state index is 6.29. The summed E-state index contributed by atoms with van der Waals surface area (Å²) in [6.45, 7) is 2.00. The van der Waals surface area contributed by atoms with E-state index in [1.807, 2.05) is 23.0 Å². The number of nitrogens with one attached hydrogen (secondary N) is 2. The third-order valence-electron chi connectivity index (χ3n) is 4.47. The van der Waals surface area contributed by atoms with Crippen LogP contribution in [0.1, 0.15) is 18.9 Å². The summed E-state index contributed by atoms with van der Waals surface area (Å²) in [4.78, 5) is 8.82. The summed E-state index contributed by atoms with van der Waals surface area (Å²) in [6, 6.07) is 5.81. The average Bonchev–Trinajstić information content (AvgIpc) is 3.09. The predicted molar refractivity (Wildman–Crippen MR) is 97.8 cm³/mol. The molecule has 1 aromatic carbocycles. The molecule has 1 aliphatic rings. The van der Waals surface area contributed by atoms with Gasteiger partial charge in [0.1, 0.15) is 17.9 Å². The second kappa shape index (κ2) is 6.85. The highest BCUT2D eigenvalue weighted by atomic mass is 35.5. The zero-order valence-electron chi connectivity index (χ0n) is 13.9. The van der Waals surface area contributed by atoms with E-state index in [0.717, 1.165) is 48.4 Å². The normalized spacial score (nSPS) is 15.4. The van der Waals surface area contributed by atoms with Gasteiger partial charge in [-0.3, -0.25) is 0 Å². The van der Waals surface area contributed by atoms with Crippen LogP contribution in [0.2, 0.25) is 5.02 Å². The highest BCUT2D eigenvalue weighted by Crippen LogP contribution is 2.32. The number of hydrogen-bond donors (Lipinski definition) is 2. The predicted octanol–water partition coefficient (Wildman–Crippen LogP) is 3.16. The molecule has 0 aliphatic carbocycles. The van der Waals surface area contributed by atoms with Crippen LogP contribution >= 0.6 is 11.6 Å². The fourth-order valence-corrected chi connectivity index (χ4v) is 3.30. The summed E-state index contributed by atoms with van der Waals surface area (Å²) in [5.74, 6) is 1.41. The lowest BCUT2D eigenvalue weighted by Crippen LogP contribution is -2.29. The van der Waals surface area contributed by atoms with Crippen molar-refractivity contribution < 1.29 is 4.74 Å². The Bertz CT molecular complexity index is 890.